The molecule has 0 aliphatic carbocycles. The van der Waals surface area contributed by atoms with Crippen molar-refractivity contribution in [2.75, 3.05) is 13.2 Å². The number of hydrogen-bond donors (Lipinski definition) is 3. The van der Waals surface area contributed by atoms with Crippen molar-refractivity contribution in [2.45, 2.75) is 59.3 Å². The number of nitrogens with zero attached hydrogens (tertiary/aromatic N) is 5. The molecule has 0 fully saturated rings. The average Bonchev–Trinajstić information content (AvgIpc) is 3.60. The second-order valence-electron chi connectivity index (χ2n) is 11.6. The van der Waals surface area contributed by atoms with Crippen LogP contribution in [0.3, 0.4) is 0 Å². The van der Waals surface area contributed by atoms with Crippen LogP contribution in [0.4, 0.5) is 5.82 Å². The molecule has 2 aromatic heterocycles. The number of aromatic nitrogens is 4. The zero-order valence-corrected chi connectivity index (χ0v) is 28.9. The number of rotatable bonds is 11. The minimum atomic E-state index is -1.15. The third kappa shape index (κ3) is 9.07. The quantitative estimate of drug-likeness (QED) is 0.116. The maximum atomic E-state index is 11.8. The fraction of sp³-hybridized carbons (Fsp3) is 0.324. The minimum absolute atomic E-state index is 0.0303. The van der Waals surface area contributed by atoms with Gasteiger partial charge in [-0.3, -0.25) is 9.59 Å². The molecule has 0 radical (unpaired) electrons. The fourth-order valence-electron chi connectivity index (χ4n) is 5.81. The third-order valence-electron chi connectivity index (χ3n) is 7.95. The van der Waals surface area contributed by atoms with Gasteiger partial charge < -0.3 is 48.9 Å². The molecular weight excluding hydrogens is 674 g/mol. The molecule has 52 heavy (non-hydrogen) atoms. The molecule has 4 heterocycles. The molecular formula is C34H36B2N6O10. The fourth-order valence-corrected chi connectivity index (χ4v) is 5.81. The van der Waals surface area contributed by atoms with Crippen molar-refractivity contribution in [1.29, 1.82) is 0 Å². The topological polar surface area (TPSA) is 212 Å². The van der Waals surface area contributed by atoms with Crippen molar-refractivity contribution < 1.29 is 47.9 Å². The molecule has 268 valence electrons. The van der Waals surface area contributed by atoms with Gasteiger partial charge in [-0.25, -0.2) is 0 Å². The maximum Gasteiger partial charge on any atom is 0.492 e. The molecule has 2 atom stereocenters. The predicted molar refractivity (Wildman–Crippen MR) is 186 cm³/mol. The molecule has 18 heteroatoms. The Morgan fingerprint density at radius 2 is 1.27 bits per heavy atom. The van der Waals surface area contributed by atoms with E-state index in [2.05, 4.69) is 25.2 Å². The molecule has 2 aliphatic rings. The minimum Gasteiger partial charge on any atom is -0.466 e. The number of hydrogen-bond acceptors (Lipinski definition) is 15. The van der Waals surface area contributed by atoms with Gasteiger partial charge in [-0.15, -0.1) is 5.10 Å². The summed E-state index contributed by atoms with van der Waals surface area (Å²) in [5.74, 6) is 0.917. The lowest BCUT2D eigenvalue weighted by molar-refractivity contribution is -0.146. The number of benzene rings is 2. The SMILES string of the molecule is CCOC(=O)CC1OB(O)c2cc(Oc3ccc(CN)nn3)cc(C)c21.[C-]#[N+]c1ccc(Oc2cc(C)c3c(c2)B(O)OC3CC(=O)OCC)nn1. The van der Waals surface area contributed by atoms with E-state index < -0.39 is 26.4 Å². The van der Waals surface area contributed by atoms with Crippen molar-refractivity contribution in [3.63, 3.8) is 0 Å². The van der Waals surface area contributed by atoms with Gasteiger partial charge in [0, 0.05) is 17.7 Å². The van der Waals surface area contributed by atoms with Gasteiger partial charge in [0.15, 0.2) is 0 Å². The largest absolute Gasteiger partial charge is 0.492 e. The van der Waals surface area contributed by atoms with Gasteiger partial charge in [-0.1, -0.05) is 6.57 Å². The number of esters is 2. The van der Waals surface area contributed by atoms with E-state index in [9.17, 15) is 19.6 Å². The van der Waals surface area contributed by atoms with E-state index in [0.717, 1.165) is 22.3 Å². The van der Waals surface area contributed by atoms with E-state index in [1.807, 2.05) is 13.8 Å². The van der Waals surface area contributed by atoms with Gasteiger partial charge in [0.05, 0.1) is 44.0 Å². The summed E-state index contributed by atoms with van der Waals surface area (Å²) < 4.78 is 32.3. The lowest BCUT2D eigenvalue weighted by atomic mass is 9.77. The highest BCUT2D eigenvalue weighted by Crippen LogP contribution is 2.34. The van der Waals surface area contributed by atoms with Crippen LogP contribution in [0.1, 0.15) is 66.8 Å². The van der Waals surface area contributed by atoms with Crippen molar-refractivity contribution >= 4 is 42.9 Å². The number of ether oxygens (including phenoxy) is 4. The van der Waals surface area contributed by atoms with Crippen LogP contribution >= 0.6 is 0 Å². The molecule has 0 saturated carbocycles. The Bertz CT molecular complexity index is 1950. The van der Waals surface area contributed by atoms with Gasteiger partial charge in [0.2, 0.25) is 5.88 Å². The van der Waals surface area contributed by atoms with Crippen LogP contribution in [0.25, 0.3) is 4.85 Å². The summed E-state index contributed by atoms with van der Waals surface area (Å²) in [6.07, 6.45) is -1.03. The van der Waals surface area contributed by atoms with Crippen molar-refractivity contribution in [1.82, 2.24) is 20.4 Å². The van der Waals surface area contributed by atoms with Gasteiger partial charge in [0.1, 0.15) is 11.5 Å². The summed E-state index contributed by atoms with van der Waals surface area (Å²) in [4.78, 5) is 26.7. The number of nitrogens with two attached hydrogens (primary N) is 1. The molecule has 4 aromatic rings. The van der Waals surface area contributed by atoms with E-state index in [0.29, 0.717) is 53.8 Å². The molecule has 16 nitrogen and oxygen atoms in total. The van der Waals surface area contributed by atoms with E-state index in [-0.39, 0.29) is 36.5 Å². The highest BCUT2D eigenvalue weighted by molar-refractivity contribution is 6.62. The Morgan fingerprint density at radius 3 is 1.65 bits per heavy atom. The van der Waals surface area contributed by atoms with Crippen LogP contribution in [0.5, 0.6) is 23.3 Å². The Morgan fingerprint density at radius 1 is 0.788 bits per heavy atom. The molecule has 0 bridgehead atoms. The van der Waals surface area contributed by atoms with E-state index in [4.69, 9.17) is 40.6 Å². The van der Waals surface area contributed by atoms with Gasteiger partial charge >= 0.3 is 26.2 Å². The normalized spacial score (nSPS) is 15.5. The van der Waals surface area contributed by atoms with Crippen molar-refractivity contribution in [3.8, 4) is 23.3 Å². The summed E-state index contributed by atoms with van der Waals surface area (Å²) in [5, 5.41) is 35.8. The van der Waals surface area contributed by atoms with Crippen molar-refractivity contribution in [2.24, 2.45) is 5.73 Å². The molecule has 2 aliphatic heterocycles. The zero-order valence-electron chi connectivity index (χ0n) is 28.9. The smallest absolute Gasteiger partial charge is 0.466 e. The zero-order chi connectivity index (χ0) is 37.4. The number of aryl methyl sites for hydroxylation is 2. The number of carbonyl (C=O) groups is 2. The molecule has 0 spiro atoms. The lowest BCUT2D eigenvalue weighted by Crippen LogP contribution is -2.28. The van der Waals surface area contributed by atoms with E-state index >= 15 is 0 Å². The second kappa shape index (κ2) is 17.2. The Hall–Kier alpha value is -5.44. The molecule has 2 aromatic carbocycles. The van der Waals surface area contributed by atoms with Gasteiger partial charge in [0.25, 0.3) is 11.7 Å². The lowest BCUT2D eigenvalue weighted by Gasteiger charge is -2.14. The first-order chi connectivity index (χ1) is 25.0. The third-order valence-corrected chi connectivity index (χ3v) is 7.95. The van der Waals surface area contributed by atoms with Crippen LogP contribution in [-0.4, -0.2) is 69.8 Å². The summed E-state index contributed by atoms with van der Waals surface area (Å²) >= 11 is 0. The first kappa shape index (κ1) is 37.8. The van der Waals surface area contributed by atoms with Crippen LogP contribution in [0.2, 0.25) is 0 Å². The maximum absolute atomic E-state index is 11.8. The Kier molecular flexibility index (Phi) is 12.5. The average molecular weight is 710 g/mol. The number of fused-ring (bicyclic) bond motifs is 2. The highest BCUT2D eigenvalue weighted by Gasteiger charge is 2.39. The summed E-state index contributed by atoms with van der Waals surface area (Å²) in [7, 11) is -2.28. The van der Waals surface area contributed by atoms with E-state index in [1.165, 1.54) is 6.07 Å². The first-order valence-corrected chi connectivity index (χ1v) is 16.4. The Balaban J connectivity index is 0.000000201. The molecule has 6 rings (SSSR count). The van der Waals surface area contributed by atoms with Crippen LogP contribution in [0.15, 0.2) is 48.5 Å². The standard InChI is InChI=1S/C17H16BN3O5.C17H20BN3O5/c1-4-24-16(22)9-13-17-10(2)7-11(8-12(17)18(23)26-13)25-15-6-5-14(19-3)20-21-15;1-3-24-16(22)8-14-17-10(2)6-12(7-13(17)18(23)26-14)25-15-5-4-11(9-19)20-21-15/h5-8,13,23H,4,9H2,1-2H3;4-7,14,23H,3,8-9,19H2,1-2H3. The molecule has 0 amide bonds. The van der Waals surface area contributed by atoms with Gasteiger partial charge in [-0.2, -0.15) is 5.10 Å². The molecule has 0 saturated heterocycles. The second-order valence-corrected chi connectivity index (χ2v) is 11.6. The van der Waals surface area contributed by atoms with E-state index in [1.54, 1.807) is 56.3 Å². The van der Waals surface area contributed by atoms with Crippen LogP contribution in [-0.2, 0) is 34.9 Å². The predicted octanol–water partition coefficient (Wildman–Crippen LogP) is 2.59. The summed E-state index contributed by atoms with van der Waals surface area (Å²) in [5.41, 5.74) is 10.5. The first-order valence-electron chi connectivity index (χ1n) is 16.4. The Labute approximate surface area is 300 Å². The summed E-state index contributed by atoms with van der Waals surface area (Å²) in [6, 6.07) is 13.3. The van der Waals surface area contributed by atoms with Crippen LogP contribution < -0.4 is 26.1 Å². The monoisotopic (exact) mass is 710 g/mol. The summed E-state index contributed by atoms with van der Waals surface area (Å²) in [6.45, 7) is 15.0. The van der Waals surface area contributed by atoms with Gasteiger partial charge in [-0.05, 0) is 108 Å². The number of carbonyl (C=O) groups excluding carboxylic acids is 2. The highest BCUT2D eigenvalue weighted by atomic mass is 16.6. The molecule has 4 N–H and O–H groups in total. The van der Waals surface area contributed by atoms with Crippen molar-refractivity contribution in [3.05, 3.63) is 87.9 Å². The molecule has 2 unspecified atom stereocenters. The van der Waals surface area contributed by atoms with Crippen LogP contribution in [0, 0.1) is 20.4 Å².